The second-order valence-electron chi connectivity index (χ2n) is 6.39. The smallest absolute Gasteiger partial charge is 0.0249 e. The Morgan fingerprint density at radius 1 is 1.06 bits per heavy atom. The van der Waals surface area contributed by atoms with E-state index in [4.69, 9.17) is 0 Å². The van der Waals surface area contributed by atoms with Crippen LogP contribution in [0.15, 0.2) is 0 Å². The minimum atomic E-state index is 0.739. The molecular weight excluding hydrogens is 208 g/mol. The van der Waals surface area contributed by atoms with Crippen LogP contribution in [0.25, 0.3) is 0 Å². The number of hydrogen-bond acceptors (Lipinski definition) is 2. The Hall–Kier alpha value is -0.0800. The summed E-state index contributed by atoms with van der Waals surface area (Å²) in [5, 5.41) is 3.57. The zero-order valence-electron chi connectivity index (χ0n) is 11.9. The van der Waals surface area contributed by atoms with E-state index in [-0.39, 0.29) is 0 Å². The van der Waals surface area contributed by atoms with Crippen LogP contribution in [-0.2, 0) is 0 Å². The predicted octanol–water partition coefficient (Wildman–Crippen LogP) is 2.89. The summed E-state index contributed by atoms with van der Waals surface area (Å²) in [7, 11) is 2.15. The van der Waals surface area contributed by atoms with E-state index < -0.39 is 0 Å². The number of nitrogens with one attached hydrogen (secondary N) is 1. The largest absolute Gasteiger partial charge is 0.315 e. The van der Waals surface area contributed by atoms with Crippen LogP contribution in [0, 0.1) is 11.8 Å². The summed E-state index contributed by atoms with van der Waals surface area (Å²) in [4.78, 5) is 2.79. The van der Waals surface area contributed by atoms with Crippen LogP contribution in [0.5, 0.6) is 0 Å². The van der Waals surface area contributed by atoms with Gasteiger partial charge in [0.25, 0.3) is 0 Å². The zero-order chi connectivity index (χ0) is 12.3. The first-order valence-electron chi connectivity index (χ1n) is 7.63. The Balaban J connectivity index is 1.95. The number of nitrogens with zero attached hydrogens (tertiary/aromatic N) is 1. The average molecular weight is 238 g/mol. The molecule has 0 radical (unpaired) electrons. The van der Waals surface area contributed by atoms with Gasteiger partial charge in [0.2, 0.25) is 0 Å². The summed E-state index contributed by atoms with van der Waals surface area (Å²) < 4.78 is 0. The molecule has 1 aliphatic heterocycles. The molecule has 2 heteroatoms. The monoisotopic (exact) mass is 238 g/mol. The molecule has 3 unspecified atom stereocenters. The lowest BCUT2D eigenvalue weighted by molar-refractivity contribution is 0.175. The Bertz CT molecular complexity index is 227. The molecule has 1 aliphatic carbocycles. The molecule has 100 valence electrons. The van der Waals surface area contributed by atoms with Crippen molar-refractivity contribution >= 4 is 0 Å². The molecule has 1 N–H and O–H groups in total. The predicted molar refractivity (Wildman–Crippen MR) is 74.2 cm³/mol. The SMILES string of the molecule is CNC1CCCCCC1N1CCC(C(C)C)C1. The third-order valence-electron chi connectivity index (χ3n) is 5.02. The Morgan fingerprint density at radius 2 is 1.82 bits per heavy atom. The van der Waals surface area contributed by atoms with Gasteiger partial charge < -0.3 is 5.32 Å². The maximum atomic E-state index is 3.57. The van der Waals surface area contributed by atoms with Crippen molar-refractivity contribution < 1.29 is 0 Å². The summed E-state index contributed by atoms with van der Waals surface area (Å²) >= 11 is 0. The molecule has 0 aromatic heterocycles. The summed E-state index contributed by atoms with van der Waals surface area (Å²) in [6.07, 6.45) is 8.51. The highest BCUT2D eigenvalue weighted by Crippen LogP contribution is 2.30. The summed E-state index contributed by atoms with van der Waals surface area (Å²) in [6, 6.07) is 1.55. The summed E-state index contributed by atoms with van der Waals surface area (Å²) in [5.74, 6) is 1.80. The fourth-order valence-electron chi connectivity index (χ4n) is 3.72. The fourth-order valence-corrected chi connectivity index (χ4v) is 3.72. The van der Waals surface area contributed by atoms with E-state index in [0.717, 1.165) is 23.9 Å². The molecular formula is C15H30N2. The number of rotatable bonds is 3. The topological polar surface area (TPSA) is 15.3 Å². The lowest BCUT2D eigenvalue weighted by Gasteiger charge is -2.33. The molecule has 1 heterocycles. The maximum Gasteiger partial charge on any atom is 0.0249 e. The van der Waals surface area contributed by atoms with Gasteiger partial charge in [0, 0.05) is 18.6 Å². The molecule has 2 aliphatic rings. The van der Waals surface area contributed by atoms with E-state index in [1.165, 1.54) is 51.6 Å². The second kappa shape index (κ2) is 6.19. The van der Waals surface area contributed by atoms with Crippen LogP contribution in [0.4, 0.5) is 0 Å². The third kappa shape index (κ3) is 3.23. The van der Waals surface area contributed by atoms with Crippen molar-refractivity contribution in [3.8, 4) is 0 Å². The molecule has 0 bridgehead atoms. The van der Waals surface area contributed by atoms with E-state index in [9.17, 15) is 0 Å². The van der Waals surface area contributed by atoms with E-state index in [2.05, 4.69) is 31.1 Å². The highest BCUT2D eigenvalue weighted by molar-refractivity contribution is 4.90. The minimum Gasteiger partial charge on any atom is -0.315 e. The first-order chi connectivity index (χ1) is 8.22. The van der Waals surface area contributed by atoms with Crippen LogP contribution in [-0.4, -0.2) is 37.1 Å². The third-order valence-corrected chi connectivity index (χ3v) is 5.02. The lowest BCUT2D eigenvalue weighted by Crippen LogP contribution is -2.47. The van der Waals surface area contributed by atoms with Gasteiger partial charge in [0.15, 0.2) is 0 Å². The molecule has 3 atom stereocenters. The molecule has 17 heavy (non-hydrogen) atoms. The van der Waals surface area contributed by atoms with Crippen LogP contribution < -0.4 is 5.32 Å². The van der Waals surface area contributed by atoms with Gasteiger partial charge in [0.05, 0.1) is 0 Å². The van der Waals surface area contributed by atoms with Crippen LogP contribution in [0.1, 0.15) is 52.4 Å². The van der Waals surface area contributed by atoms with Gasteiger partial charge in [-0.1, -0.05) is 33.1 Å². The standard InChI is InChI=1S/C15H30N2/c1-12(2)13-9-10-17(11-13)15-8-6-4-5-7-14(15)16-3/h12-16H,4-11H2,1-3H3. The molecule has 0 aromatic rings. The van der Waals surface area contributed by atoms with Crippen molar-refractivity contribution in [1.29, 1.82) is 0 Å². The molecule has 0 spiro atoms. The Kier molecular flexibility index (Phi) is 4.87. The quantitative estimate of drug-likeness (QED) is 0.761. The highest BCUT2D eigenvalue weighted by atomic mass is 15.2. The zero-order valence-corrected chi connectivity index (χ0v) is 11.9. The number of likely N-dealkylation sites (tertiary alicyclic amines) is 1. The molecule has 0 aromatic carbocycles. The Labute approximate surface area is 107 Å². The molecule has 1 saturated heterocycles. The lowest BCUT2D eigenvalue weighted by atomic mass is 9.95. The summed E-state index contributed by atoms with van der Waals surface area (Å²) in [5.41, 5.74) is 0. The van der Waals surface area contributed by atoms with Crippen molar-refractivity contribution in [3.05, 3.63) is 0 Å². The van der Waals surface area contributed by atoms with Crippen molar-refractivity contribution in [2.45, 2.75) is 64.5 Å². The fraction of sp³-hybridized carbons (Fsp3) is 1.00. The van der Waals surface area contributed by atoms with Gasteiger partial charge in [-0.25, -0.2) is 0 Å². The van der Waals surface area contributed by atoms with Crippen molar-refractivity contribution in [2.75, 3.05) is 20.1 Å². The maximum absolute atomic E-state index is 3.57. The van der Waals surface area contributed by atoms with Crippen LogP contribution >= 0.6 is 0 Å². The number of likely N-dealkylation sites (N-methyl/N-ethyl adjacent to an activating group) is 1. The van der Waals surface area contributed by atoms with E-state index in [1.807, 2.05) is 0 Å². The van der Waals surface area contributed by atoms with Gasteiger partial charge >= 0.3 is 0 Å². The highest BCUT2D eigenvalue weighted by Gasteiger charge is 2.33. The van der Waals surface area contributed by atoms with E-state index >= 15 is 0 Å². The van der Waals surface area contributed by atoms with Gasteiger partial charge in [-0.2, -0.15) is 0 Å². The van der Waals surface area contributed by atoms with Gasteiger partial charge in [-0.3, -0.25) is 4.90 Å². The molecule has 2 rings (SSSR count). The van der Waals surface area contributed by atoms with Gasteiger partial charge in [-0.15, -0.1) is 0 Å². The normalized spacial score (nSPS) is 36.4. The Morgan fingerprint density at radius 3 is 2.47 bits per heavy atom. The second-order valence-corrected chi connectivity index (χ2v) is 6.39. The molecule has 2 nitrogen and oxygen atoms in total. The van der Waals surface area contributed by atoms with E-state index in [1.54, 1.807) is 0 Å². The van der Waals surface area contributed by atoms with Gasteiger partial charge in [-0.05, 0) is 44.7 Å². The van der Waals surface area contributed by atoms with E-state index in [0.29, 0.717) is 0 Å². The molecule has 2 fully saturated rings. The molecule has 0 amide bonds. The van der Waals surface area contributed by atoms with Crippen molar-refractivity contribution in [3.63, 3.8) is 0 Å². The number of hydrogen-bond donors (Lipinski definition) is 1. The summed E-state index contributed by atoms with van der Waals surface area (Å²) in [6.45, 7) is 7.46. The average Bonchev–Trinajstić information content (AvgIpc) is 2.68. The first-order valence-corrected chi connectivity index (χ1v) is 7.63. The molecule has 1 saturated carbocycles. The first kappa shape index (κ1) is 13.4. The van der Waals surface area contributed by atoms with Crippen molar-refractivity contribution in [1.82, 2.24) is 10.2 Å². The van der Waals surface area contributed by atoms with Gasteiger partial charge in [0.1, 0.15) is 0 Å². The van der Waals surface area contributed by atoms with Crippen LogP contribution in [0.2, 0.25) is 0 Å². The van der Waals surface area contributed by atoms with Crippen molar-refractivity contribution in [2.24, 2.45) is 11.8 Å². The van der Waals surface area contributed by atoms with Crippen LogP contribution in [0.3, 0.4) is 0 Å². The minimum absolute atomic E-state index is 0.739.